The van der Waals surface area contributed by atoms with E-state index in [1.165, 1.54) is 5.56 Å². The van der Waals surface area contributed by atoms with Crippen LogP contribution in [-0.4, -0.2) is 18.3 Å². The van der Waals surface area contributed by atoms with Gasteiger partial charge in [-0.2, -0.15) is 0 Å². The maximum Gasteiger partial charge on any atom is 0.226 e. The first kappa shape index (κ1) is 11.5. The summed E-state index contributed by atoms with van der Waals surface area (Å²) in [6, 6.07) is 8.17. The van der Waals surface area contributed by atoms with Crippen molar-refractivity contribution in [2.45, 2.75) is 25.7 Å². The molecule has 1 heterocycles. The summed E-state index contributed by atoms with van der Waals surface area (Å²) in [4.78, 5) is 13.9. The fourth-order valence-corrected chi connectivity index (χ4v) is 2.27. The third-order valence-corrected chi connectivity index (χ3v) is 3.20. The van der Waals surface area contributed by atoms with Crippen molar-refractivity contribution in [3.8, 4) is 0 Å². The summed E-state index contributed by atoms with van der Waals surface area (Å²) in [5.74, 6) is 0.835. The topological polar surface area (TPSA) is 20.3 Å². The van der Waals surface area contributed by atoms with Crippen molar-refractivity contribution >= 4 is 23.2 Å². The van der Waals surface area contributed by atoms with Gasteiger partial charge in [0.25, 0.3) is 0 Å². The Balaban J connectivity index is 2.28. The minimum Gasteiger partial charge on any atom is -0.312 e. The van der Waals surface area contributed by atoms with E-state index in [0.717, 1.165) is 31.5 Å². The zero-order valence-corrected chi connectivity index (χ0v) is 10.0. The predicted octanol–water partition coefficient (Wildman–Crippen LogP) is 2.98. The van der Waals surface area contributed by atoms with Crippen LogP contribution in [0.25, 0.3) is 0 Å². The summed E-state index contributed by atoms with van der Waals surface area (Å²) >= 11 is 5.70. The van der Waals surface area contributed by atoms with E-state index in [0.29, 0.717) is 12.3 Å². The number of fused-ring (bicyclic) bond motifs is 1. The van der Waals surface area contributed by atoms with Gasteiger partial charge in [0, 0.05) is 24.5 Å². The van der Waals surface area contributed by atoms with Gasteiger partial charge in [-0.05, 0) is 30.9 Å². The summed E-state index contributed by atoms with van der Waals surface area (Å²) in [6.07, 6.45) is 3.45. The number of benzene rings is 1. The summed E-state index contributed by atoms with van der Waals surface area (Å²) in [7, 11) is 0. The van der Waals surface area contributed by atoms with Gasteiger partial charge in [0.2, 0.25) is 5.91 Å². The van der Waals surface area contributed by atoms with Gasteiger partial charge in [-0.1, -0.05) is 18.2 Å². The Labute approximate surface area is 101 Å². The van der Waals surface area contributed by atoms with Crippen molar-refractivity contribution in [2.24, 2.45) is 0 Å². The molecule has 0 N–H and O–H groups in total. The lowest BCUT2D eigenvalue weighted by atomic mass is 10.1. The van der Waals surface area contributed by atoms with Crippen LogP contribution in [0.1, 0.15) is 24.8 Å². The molecule has 1 amide bonds. The fraction of sp³-hybridized carbons (Fsp3) is 0.462. The third-order valence-electron chi connectivity index (χ3n) is 2.94. The molecule has 2 rings (SSSR count). The van der Waals surface area contributed by atoms with Crippen LogP contribution >= 0.6 is 11.6 Å². The van der Waals surface area contributed by atoms with Crippen molar-refractivity contribution in [3.63, 3.8) is 0 Å². The minimum atomic E-state index is 0.232. The lowest BCUT2D eigenvalue weighted by Gasteiger charge is -2.22. The van der Waals surface area contributed by atoms with Gasteiger partial charge < -0.3 is 4.90 Å². The summed E-state index contributed by atoms with van der Waals surface area (Å²) in [5.41, 5.74) is 2.36. The zero-order chi connectivity index (χ0) is 11.4. The van der Waals surface area contributed by atoms with Crippen LogP contribution in [0.4, 0.5) is 5.69 Å². The normalized spacial score (nSPS) is 15.8. The first-order chi connectivity index (χ1) is 7.83. The molecule has 2 nitrogen and oxygen atoms in total. The fourth-order valence-electron chi connectivity index (χ4n) is 2.15. The van der Waals surface area contributed by atoms with Gasteiger partial charge in [-0.15, -0.1) is 11.6 Å². The molecule has 0 saturated carbocycles. The summed E-state index contributed by atoms with van der Waals surface area (Å²) in [5, 5.41) is 0. The molecule has 0 aliphatic carbocycles. The lowest BCUT2D eigenvalue weighted by Crippen LogP contribution is -2.31. The highest BCUT2D eigenvalue weighted by molar-refractivity contribution is 6.17. The Morgan fingerprint density at radius 3 is 2.88 bits per heavy atom. The molecule has 1 aromatic carbocycles. The molecular weight excluding hydrogens is 222 g/mol. The average molecular weight is 238 g/mol. The van der Waals surface area contributed by atoms with Crippen molar-refractivity contribution in [3.05, 3.63) is 29.8 Å². The lowest BCUT2D eigenvalue weighted by molar-refractivity contribution is -0.118. The minimum absolute atomic E-state index is 0.232. The maximum atomic E-state index is 12.0. The van der Waals surface area contributed by atoms with Crippen LogP contribution in [0.15, 0.2) is 24.3 Å². The molecule has 0 aromatic heterocycles. The zero-order valence-electron chi connectivity index (χ0n) is 9.29. The molecule has 86 valence electrons. The molecular formula is C13H16ClNO. The Morgan fingerprint density at radius 2 is 2.06 bits per heavy atom. The number of anilines is 1. The van der Waals surface area contributed by atoms with E-state index < -0.39 is 0 Å². The van der Waals surface area contributed by atoms with E-state index in [1.807, 2.05) is 23.1 Å². The first-order valence-corrected chi connectivity index (χ1v) is 6.30. The Kier molecular flexibility index (Phi) is 3.83. The quantitative estimate of drug-likeness (QED) is 0.741. The number of nitrogens with zero attached hydrogens (tertiary/aromatic N) is 1. The molecule has 0 atom stereocenters. The molecule has 1 aliphatic rings. The number of alkyl halides is 1. The van der Waals surface area contributed by atoms with Crippen molar-refractivity contribution < 1.29 is 4.79 Å². The van der Waals surface area contributed by atoms with Crippen molar-refractivity contribution in [1.29, 1.82) is 0 Å². The molecule has 0 unspecified atom stereocenters. The van der Waals surface area contributed by atoms with Crippen molar-refractivity contribution in [2.75, 3.05) is 17.3 Å². The van der Waals surface area contributed by atoms with Crippen molar-refractivity contribution in [1.82, 2.24) is 0 Å². The number of hydrogen-bond acceptors (Lipinski definition) is 1. The van der Waals surface area contributed by atoms with Crippen LogP contribution in [0.3, 0.4) is 0 Å². The van der Waals surface area contributed by atoms with Crippen LogP contribution in [0.5, 0.6) is 0 Å². The van der Waals surface area contributed by atoms with Crippen LogP contribution in [0.2, 0.25) is 0 Å². The van der Waals surface area contributed by atoms with Crippen LogP contribution < -0.4 is 4.90 Å². The van der Waals surface area contributed by atoms with Gasteiger partial charge in [-0.3, -0.25) is 4.79 Å². The summed E-state index contributed by atoms with van der Waals surface area (Å²) in [6.45, 7) is 0.735. The second kappa shape index (κ2) is 5.35. The number of amides is 1. The highest BCUT2D eigenvalue weighted by Crippen LogP contribution is 2.26. The van der Waals surface area contributed by atoms with Crippen LogP contribution in [-0.2, 0) is 11.2 Å². The van der Waals surface area contributed by atoms with Gasteiger partial charge in [0.05, 0.1) is 0 Å². The number of para-hydroxylation sites is 1. The number of hydrogen-bond donors (Lipinski definition) is 0. The average Bonchev–Trinajstić information content (AvgIpc) is 2.46. The molecule has 0 bridgehead atoms. The molecule has 1 aromatic rings. The third kappa shape index (κ3) is 2.38. The van der Waals surface area contributed by atoms with Gasteiger partial charge in [0.15, 0.2) is 0 Å². The van der Waals surface area contributed by atoms with Gasteiger partial charge in [-0.25, -0.2) is 0 Å². The highest BCUT2D eigenvalue weighted by Gasteiger charge is 2.20. The second-order valence-corrected chi connectivity index (χ2v) is 4.45. The largest absolute Gasteiger partial charge is 0.312 e. The molecule has 0 fully saturated rings. The van der Waals surface area contributed by atoms with Crippen LogP contribution in [0, 0.1) is 0 Å². The Morgan fingerprint density at radius 1 is 1.25 bits per heavy atom. The first-order valence-electron chi connectivity index (χ1n) is 5.77. The second-order valence-electron chi connectivity index (χ2n) is 4.07. The number of carbonyl (C=O) groups is 1. The number of carbonyl (C=O) groups excluding carboxylic acids is 1. The number of rotatable bonds is 3. The SMILES string of the molecule is O=C1CCCc2ccccc2N1CCCCl. The molecule has 16 heavy (non-hydrogen) atoms. The maximum absolute atomic E-state index is 12.0. The van der Waals surface area contributed by atoms with E-state index >= 15 is 0 Å². The monoisotopic (exact) mass is 237 g/mol. The molecule has 1 aliphatic heterocycles. The Hall–Kier alpha value is -1.02. The van der Waals surface area contributed by atoms with E-state index in [4.69, 9.17) is 11.6 Å². The highest BCUT2D eigenvalue weighted by atomic mass is 35.5. The van der Waals surface area contributed by atoms with E-state index in [2.05, 4.69) is 6.07 Å². The molecule has 0 spiro atoms. The number of aryl methyl sites for hydroxylation is 1. The molecule has 3 heteroatoms. The van der Waals surface area contributed by atoms with Gasteiger partial charge in [0.1, 0.15) is 0 Å². The molecule has 0 saturated heterocycles. The van der Waals surface area contributed by atoms with E-state index in [9.17, 15) is 4.79 Å². The Bertz CT molecular complexity index is 378. The smallest absolute Gasteiger partial charge is 0.226 e. The predicted molar refractivity (Wildman–Crippen MR) is 67.1 cm³/mol. The number of halogens is 1. The van der Waals surface area contributed by atoms with Gasteiger partial charge >= 0.3 is 0 Å². The van der Waals surface area contributed by atoms with E-state index in [1.54, 1.807) is 0 Å². The summed E-state index contributed by atoms with van der Waals surface area (Å²) < 4.78 is 0. The van der Waals surface area contributed by atoms with E-state index in [-0.39, 0.29) is 5.91 Å². The standard InChI is InChI=1S/C13H16ClNO/c14-9-4-10-15-12-7-2-1-5-11(12)6-3-8-13(15)16/h1-2,5,7H,3-4,6,8-10H2. The molecule has 0 radical (unpaired) electrons.